The molecule has 19 heavy (non-hydrogen) atoms. The highest BCUT2D eigenvalue weighted by atomic mass is 16.5. The zero-order valence-electron chi connectivity index (χ0n) is 12.1. The minimum atomic E-state index is -0.151. The highest BCUT2D eigenvalue weighted by Gasteiger charge is 2.08. The van der Waals surface area contributed by atoms with Gasteiger partial charge in [-0.05, 0) is 31.5 Å². The van der Waals surface area contributed by atoms with Crippen LogP contribution in [0.25, 0.3) is 0 Å². The van der Waals surface area contributed by atoms with Crippen LogP contribution in [-0.4, -0.2) is 31.1 Å². The van der Waals surface area contributed by atoms with Gasteiger partial charge in [0.1, 0.15) is 5.75 Å². The number of likely N-dealkylation sites (N-methyl/N-ethyl adjacent to an activating group) is 1. The number of hydrogen-bond acceptors (Lipinski definition) is 4. The molecule has 0 saturated heterocycles. The van der Waals surface area contributed by atoms with E-state index in [1.807, 2.05) is 19.1 Å². The average molecular weight is 265 g/mol. The van der Waals surface area contributed by atoms with Crippen LogP contribution in [0, 0.1) is 12.8 Å². The van der Waals surface area contributed by atoms with Gasteiger partial charge in [-0.3, -0.25) is 9.78 Å². The van der Waals surface area contributed by atoms with Gasteiger partial charge in [0.05, 0.1) is 5.69 Å². The second-order valence-corrected chi connectivity index (χ2v) is 4.88. The molecule has 0 spiro atoms. The number of carbonyl (C=O) groups excluding carboxylic acids is 1. The number of nitrogens with zero attached hydrogens (tertiary/aromatic N) is 1. The third kappa shape index (κ3) is 5.70. The quantitative estimate of drug-likeness (QED) is 0.779. The summed E-state index contributed by atoms with van der Waals surface area (Å²) in [7, 11) is 1.59. The summed E-state index contributed by atoms with van der Waals surface area (Å²) in [5.41, 5.74) is 1.78. The number of ether oxygens (including phenoxy) is 1. The van der Waals surface area contributed by atoms with Gasteiger partial charge in [0, 0.05) is 19.3 Å². The number of amides is 1. The lowest BCUT2D eigenvalue weighted by molar-refractivity contribution is -0.122. The Morgan fingerprint density at radius 1 is 1.42 bits per heavy atom. The second-order valence-electron chi connectivity index (χ2n) is 4.88. The van der Waals surface area contributed by atoms with E-state index in [-0.39, 0.29) is 12.5 Å². The molecule has 0 aliphatic carbocycles. The minimum Gasteiger partial charge on any atom is -0.482 e. The van der Waals surface area contributed by atoms with Crippen molar-refractivity contribution in [2.45, 2.75) is 27.3 Å². The van der Waals surface area contributed by atoms with Crippen LogP contribution in [0.2, 0.25) is 0 Å². The minimum absolute atomic E-state index is 0.0123. The highest BCUT2D eigenvalue weighted by molar-refractivity contribution is 5.77. The van der Waals surface area contributed by atoms with E-state index in [4.69, 9.17) is 4.74 Å². The third-order valence-electron chi connectivity index (χ3n) is 2.55. The normalized spacial score (nSPS) is 10.6. The van der Waals surface area contributed by atoms with Gasteiger partial charge in [0.25, 0.3) is 5.91 Å². The maximum Gasteiger partial charge on any atom is 0.257 e. The predicted octanol–water partition coefficient (Wildman–Crippen LogP) is 1.26. The van der Waals surface area contributed by atoms with Gasteiger partial charge in [-0.2, -0.15) is 0 Å². The average Bonchev–Trinajstić information content (AvgIpc) is 2.37. The van der Waals surface area contributed by atoms with Gasteiger partial charge < -0.3 is 15.4 Å². The third-order valence-corrected chi connectivity index (χ3v) is 2.55. The van der Waals surface area contributed by atoms with E-state index in [1.165, 1.54) is 0 Å². The van der Waals surface area contributed by atoms with Crippen molar-refractivity contribution in [2.24, 2.45) is 5.92 Å². The molecule has 0 saturated carbocycles. The van der Waals surface area contributed by atoms with Crippen molar-refractivity contribution in [1.29, 1.82) is 0 Å². The molecule has 2 N–H and O–H groups in total. The second kappa shape index (κ2) is 7.74. The largest absolute Gasteiger partial charge is 0.482 e. The first-order chi connectivity index (χ1) is 9.02. The Labute approximate surface area is 114 Å². The van der Waals surface area contributed by atoms with E-state index < -0.39 is 0 Å². The maximum atomic E-state index is 11.2. The molecule has 0 bridgehead atoms. The molecule has 5 heteroatoms. The van der Waals surface area contributed by atoms with Crippen LogP contribution in [0.1, 0.15) is 25.2 Å². The van der Waals surface area contributed by atoms with Crippen LogP contribution in [0.3, 0.4) is 0 Å². The highest BCUT2D eigenvalue weighted by Crippen LogP contribution is 2.16. The topological polar surface area (TPSA) is 63.2 Å². The standard InChI is InChI=1S/C14H23N3O2/c1-10(2)7-16-8-12-13(6-5-11(3)17-12)19-9-14(18)15-4/h5-6,10,16H,7-9H2,1-4H3,(H,15,18). The lowest BCUT2D eigenvalue weighted by Crippen LogP contribution is -2.26. The van der Waals surface area contributed by atoms with E-state index in [2.05, 4.69) is 29.5 Å². The Balaban J connectivity index is 2.65. The van der Waals surface area contributed by atoms with Gasteiger partial charge in [-0.1, -0.05) is 13.8 Å². The fourth-order valence-electron chi connectivity index (χ4n) is 1.55. The molecule has 0 aromatic carbocycles. The molecular formula is C14H23N3O2. The number of rotatable bonds is 7. The van der Waals surface area contributed by atoms with Crippen LogP contribution >= 0.6 is 0 Å². The zero-order chi connectivity index (χ0) is 14.3. The Morgan fingerprint density at radius 2 is 2.16 bits per heavy atom. The van der Waals surface area contributed by atoms with Crippen LogP contribution < -0.4 is 15.4 Å². The molecule has 0 aliphatic rings. The van der Waals surface area contributed by atoms with E-state index in [1.54, 1.807) is 7.05 Å². The predicted molar refractivity (Wildman–Crippen MR) is 75.1 cm³/mol. The molecule has 0 aliphatic heterocycles. The monoisotopic (exact) mass is 265 g/mol. The molecular weight excluding hydrogens is 242 g/mol. The first-order valence-corrected chi connectivity index (χ1v) is 6.53. The lowest BCUT2D eigenvalue weighted by atomic mass is 10.2. The summed E-state index contributed by atoms with van der Waals surface area (Å²) in [4.78, 5) is 15.6. The van der Waals surface area contributed by atoms with Crippen molar-refractivity contribution in [2.75, 3.05) is 20.2 Å². The molecule has 5 nitrogen and oxygen atoms in total. The molecule has 0 fully saturated rings. The van der Waals surface area contributed by atoms with Gasteiger partial charge in [-0.15, -0.1) is 0 Å². The molecule has 1 amide bonds. The van der Waals surface area contributed by atoms with Crippen LogP contribution in [0.4, 0.5) is 0 Å². The smallest absolute Gasteiger partial charge is 0.257 e. The summed E-state index contributed by atoms with van der Waals surface area (Å²) in [5, 5.41) is 5.85. The molecule has 1 aromatic heterocycles. The van der Waals surface area contributed by atoms with Gasteiger partial charge in [0.15, 0.2) is 6.61 Å². The summed E-state index contributed by atoms with van der Waals surface area (Å²) < 4.78 is 5.49. The van der Waals surface area contributed by atoms with Gasteiger partial charge >= 0.3 is 0 Å². The first-order valence-electron chi connectivity index (χ1n) is 6.53. The Morgan fingerprint density at radius 3 is 2.79 bits per heavy atom. The molecule has 1 rings (SSSR count). The van der Waals surface area contributed by atoms with Crippen molar-refractivity contribution in [3.63, 3.8) is 0 Å². The summed E-state index contributed by atoms with van der Waals surface area (Å²) in [6.45, 7) is 7.82. The summed E-state index contributed by atoms with van der Waals surface area (Å²) in [6, 6.07) is 3.74. The molecule has 0 unspecified atom stereocenters. The lowest BCUT2D eigenvalue weighted by Gasteiger charge is -2.12. The molecule has 0 radical (unpaired) electrons. The van der Waals surface area contributed by atoms with Crippen molar-refractivity contribution >= 4 is 5.91 Å². The zero-order valence-corrected chi connectivity index (χ0v) is 12.1. The molecule has 1 aromatic rings. The number of carbonyl (C=O) groups is 1. The summed E-state index contributed by atoms with van der Waals surface area (Å²) in [6.07, 6.45) is 0. The van der Waals surface area contributed by atoms with E-state index >= 15 is 0 Å². The Hall–Kier alpha value is -1.62. The maximum absolute atomic E-state index is 11.2. The Bertz CT molecular complexity index is 419. The van der Waals surface area contributed by atoms with Crippen molar-refractivity contribution in [1.82, 2.24) is 15.6 Å². The van der Waals surface area contributed by atoms with Crippen LogP contribution in [-0.2, 0) is 11.3 Å². The number of pyridine rings is 1. The van der Waals surface area contributed by atoms with Crippen molar-refractivity contribution in [3.05, 3.63) is 23.5 Å². The van der Waals surface area contributed by atoms with Gasteiger partial charge in [-0.25, -0.2) is 0 Å². The van der Waals surface area contributed by atoms with E-state index in [0.717, 1.165) is 17.9 Å². The summed E-state index contributed by atoms with van der Waals surface area (Å²) >= 11 is 0. The SMILES string of the molecule is CNC(=O)COc1ccc(C)nc1CNCC(C)C. The number of aryl methyl sites for hydroxylation is 1. The van der Waals surface area contributed by atoms with Gasteiger partial charge in [0.2, 0.25) is 0 Å². The van der Waals surface area contributed by atoms with Crippen LogP contribution in [0.15, 0.2) is 12.1 Å². The Kier molecular flexibility index (Phi) is 6.29. The first kappa shape index (κ1) is 15.4. The molecule has 0 atom stereocenters. The van der Waals surface area contributed by atoms with Crippen molar-refractivity contribution < 1.29 is 9.53 Å². The molecule has 1 heterocycles. The fourth-order valence-corrected chi connectivity index (χ4v) is 1.55. The van der Waals surface area contributed by atoms with E-state index in [0.29, 0.717) is 18.2 Å². The number of nitrogens with one attached hydrogen (secondary N) is 2. The number of hydrogen-bond donors (Lipinski definition) is 2. The van der Waals surface area contributed by atoms with Crippen molar-refractivity contribution in [3.8, 4) is 5.75 Å². The van der Waals surface area contributed by atoms with Crippen LogP contribution in [0.5, 0.6) is 5.75 Å². The van der Waals surface area contributed by atoms with E-state index in [9.17, 15) is 4.79 Å². The number of aromatic nitrogens is 1. The summed E-state index contributed by atoms with van der Waals surface area (Å²) in [5.74, 6) is 1.09. The fraction of sp³-hybridized carbons (Fsp3) is 0.571. The molecule has 106 valence electrons.